The molecule has 0 bridgehead atoms. The van der Waals surface area contributed by atoms with Crippen LogP contribution >= 0.6 is 0 Å². The number of hydrogen-bond donors (Lipinski definition) is 1. The van der Waals surface area contributed by atoms with Crippen LogP contribution in [0.4, 0.5) is 0 Å². The molecule has 0 aliphatic rings. The van der Waals surface area contributed by atoms with Gasteiger partial charge in [0.05, 0.1) is 32.4 Å². The number of benzene rings is 3. The predicted octanol–water partition coefficient (Wildman–Crippen LogP) is 5.78. The quantitative estimate of drug-likeness (QED) is 0.381. The van der Waals surface area contributed by atoms with Crippen molar-refractivity contribution < 1.29 is 19.0 Å². The lowest BCUT2D eigenvalue weighted by molar-refractivity contribution is 0.104. The van der Waals surface area contributed by atoms with E-state index in [-0.39, 0.29) is 11.2 Å². The number of para-hydroxylation sites is 1. The number of nitrogens with one attached hydrogen (secondary N) is 1. The molecule has 0 unspecified atom stereocenters. The molecule has 1 heterocycles. The highest BCUT2D eigenvalue weighted by atomic mass is 16.5. The summed E-state index contributed by atoms with van der Waals surface area (Å²) in [5.41, 5.74) is 4.54. The van der Waals surface area contributed by atoms with E-state index in [0.29, 0.717) is 39.7 Å². The van der Waals surface area contributed by atoms with Crippen LogP contribution in [0.3, 0.4) is 0 Å². The summed E-state index contributed by atoms with van der Waals surface area (Å²) < 4.78 is 16.3. The fourth-order valence-corrected chi connectivity index (χ4v) is 3.85. The van der Waals surface area contributed by atoms with E-state index in [1.54, 1.807) is 21.3 Å². The van der Waals surface area contributed by atoms with Gasteiger partial charge in [0.1, 0.15) is 11.3 Å². The SMILES string of the molecule is COc1cc(-c2nc3c(C(=O)c4ccc(C(C)(C)C)cc4)cccc3[nH]2)cc(OC)c1OC. The zero-order chi connectivity index (χ0) is 23.8. The standard InChI is InChI=1S/C27H28N2O4/c1-27(2,3)18-12-10-16(11-13-18)24(30)19-8-7-9-20-23(19)29-26(28-20)17-14-21(31-4)25(33-6)22(15-17)32-5/h7-15H,1-6H3,(H,28,29). The van der Waals surface area contributed by atoms with E-state index in [1.165, 1.54) is 5.56 Å². The minimum atomic E-state index is -0.0657. The van der Waals surface area contributed by atoms with Gasteiger partial charge >= 0.3 is 0 Å². The van der Waals surface area contributed by atoms with E-state index >= 15 is 0 Å². The van der Waals surface area contributed by atoms with Crippen molar-refractivity contribution in [2.75, 3.05) is 21.3 Å². The predicted molar refractivity (Wildman–Crippen MR) is 130 cm³/mol. The van der Waals surface area contributed by atoms with Gasteiger partial charge in [-0.1, -0.05) is 51.1 Å². The number of hydrogen-bond acceptors (Lipinski definition) is 5. The first-order valence-electron chi connectivity index (χ1n) is 10.7. The van der Waals surface area contributed by atoms with Crippen LogP contribution in [0.15, 0.2) is 54.6 Å². The molecule has 4 aromatic rings. The number of rotatable bonds is 6. The molecule has 170 valence electrons. The van der Waals surface area contributed by atoms with Crippen LogP contribution < -0.4 is 14.2 Å². The summed E-state index contributed by atoms with van der Waals surface area (Å²) >= 11 is 0. The number of ether oxygens (including phenoxy) is 3. The van der Waals surface area contributed by atoms with E-state index in [2.05, 4.69) is 25.8 Å². The molecule has 0 atom stereocenters. The topological polar surface area (TPSA) is 73.4 Å². The Kier molecular flexibility index (Phi) is 5.85. The molecule has 6 nitrogen and oxygen atoms in total. The number of aromatic nitrogens is 2. The van der Waals surface area contributed by atoms with Gasteiger partial charge in [-0.25, -0.2) is 4.98 Å². The maximum absolute atomic E-state index is 13.3. The lowest BCUT2D eigenvalue weighted by Crippen LogP contribution is -2.11. The lowest BCUT2D eigenvalue weighted by atomic mass is 9.86. The Morgan fingerprint density at radius 2 is 1.52 bits per heavy atom. The van der Waals surface area contributed by atoms with Crippen LogP contribution in [0, 0.1) is 0 Å². The summed E-state index contributed by atoms with van der Waals surface area (Å²) in [6.45, 7) is 6.46. The van der Waals surface area contributed by atoms with Crippen LogP contribution in [0.5, 0.6) is 17.2 Å². The van der Waals surface area contributed by atoms with Gasteiger partial charge in [-0.05, 0) is 35.2 Å². The average molecular weight is 445 g/mol. The Morgan fingerprint density at radius 3 is 2.06 bits per heavy atom. The summed E-state index contributed by atoms with van der Waals surface area (Å²) in [6.07, 6.45) is 0. The van der Waals surface area contributed by atoms with E-state index in [9.17, 15) is 4.79 Å². The summed E-state index contributed by atoms with van der Waals surface area (Å²) in [5.74, 6) is 2.11. The number of aromatic amines is 1. The molecule has 0 aliphatic heterocycles. The third-order valence-electron chi connectivity index (χ3n) is 5.71. The molecule has 0 saturated carbocycles. The highest BCUT2D eigenvalue weighted by Crippen LogP contribution is 2.41. The van der Waals surface area contributed by atoms with Crippen molar-refractivity contribution in [3.63, 3.8) is 0 Å². The van der Waals surface area contributed by atoms with Crippen molar-refractivity contribution in [1.82, 2.24) is 9.97 Å². The number of methoxy groups -OCH3 is 3. The van der Waals surface area contributed by atoms with Gasteiger partial charge in [0.2, 0.25) is 5.75 Å². The summed E-state index contributed by atoms with van der Waals surface area (Å²) in [5, 5.41) is 0. The smallest absolute Gasteiger partial charge is 0.203 e. The molecule has 0 saturated heterocycles. The van der Waals surface area contributed by atoms with Crippen molar-refractivity contribution in [3.8, 4) is 28.6 Å². The maximum atomic E-state index is 13.3. The largest absolute Gasteiger partial charge is 0.493 e. The first-order chi connectivity index (χ1) is 15.8. The number of H-pyrrole nitrogens is 1. The minimum Gasteiger partial charge on any atom is -0.493 e. The molecule has 0 amide bonds. The molecular weight excluding hydrogens is 416 g/mol. The number of carbonyl (C=O) groups is 1. The van der Waals surface area contributed by atoms with Gasteiger partial charge in [0.15, 0.2) is 17.3 Å². The summed E-state index contributed by atoms with van der Waals surface area (Å²) in [4.78, 5) is 21.4. The number of fused-ring (bicyclic) bond motifs is 1. The van der Waals surface area contributed by atoms with Gasteiger partial charge in [0, 0.05) is 11.1 Å². The zero-order valence-electron chi connectivity index (χ0n) is 19.8. The van der Waals surface area contributed by atoms with E-state index in [0.717, 1.165) is 11.1 Å². The Balaban J connectivity index is 1.77. The molecular formula is C27H28N2O4. The second-order valence-corrected chi connectivity index (χ2v) is 8.86. The first kappa shape index (κ1) is 22.4. The third-order valence-corrected chi connectivity index (χ3v) is 5.71. The van der Waals surface area contributed by atoms with E-state index < -0.39 is 0 Å². The Bertz CT molecular complexity index is 1290. The van der Waals surface area contributed by atoms with Gasteiger partial charge in [0.25, 0.3) is 0 Å². The Hall–Kier alpha value is -3.80. The van der Waals surface area contributed by atoms with Crippen LogP contribution in [0.2, 0.25) is 0 Å². The fourth-order valence-electron chi connectivity index (χ4n) is 3.85. The minimum absolute atomic E-state index is 0.0269. The molecule has 6 heteroatoms. The van der Waals surface area contributed by atoms with Crippen LogP contribution in [0.1, 0.15) is 42.3 Å². The Labute approximate surface area is 193 Å². The molecule has 4 rings (SSSR count). The van der Waals surface area contributed by atoms with E-state index in [4.69, 9.17) is 19.2 Å². The third kappa shape index (κ3) is 4.16. The molecule has 1 N–H and O–H groups in total. The first-order valence-corrected chi connectivity index (χ1v) is 10.7. The molecule has 3 aromatic carbocycles. The molecule has 0 aliphatic carbocycles. The number of nitrogens with zero attached hydrogens (tertiary/aromatic N) is 1. The second kappa shape index (κ2) is 8.62. The normalized spacial score (nSPS) is 11.5. The van der Waals surface area contributed by atoms with Crippen LogP contribution in [-0.4, -0.2) is 37.1 Å². The maximum Gasteiger partial charge on any atom is 0.203 e. The summed E-state index contributed by atoms with van der Waals surface area (Å²) in [6, 6.07) is 17.0. The summed E-state index contributed by atoms with van der Waals surface area (Å²) in [7, 11) is 4.70. The van der Waals surface area contributed by atoms with Crippen LogP contribution in [0.25, 0.3) is 22.4 Å². The van der Waals surface area contributed by atoms with E-state index in [1.807, 2.05) is 54.6 Å². The number of ketones is 1. The molecule has 0 spiro atoms. The molecule has 0 radical (unpaired) electrons. The fraction of sp³-hybridized carbons (Fsp3) is 0.259. The van der Waals surface area contributed by atoms with Crippen molar-refractivity contribution in [3.05, 3.63) is 71.3 Å². The highest BCUT2D eigenvalue weighted by molar-refractivity contribution is 6.15. The zero-order valence-corrected chi connectivity index (χ0v) is 19.8. The monoisotopic (exact) mass is 444 g/mol. The molecule has 0 fully saturated rings. The average Bonchev–Trinajstić information content (AvgIpc) is 3.26. The molecule has 33 heavy (non-hydrogen) atoms. The van der Waals surface area contributed by atoms with Crippen molar-refractivity contribution >= 4 is 16.8 Å². The van der Waals surface area contributed by atoms with Gasteiger partial charge in [-0.3, -0.25) is 4.79 Å². The number of carbonyl (C=O) groups excluding carboxylic acids is 1. The van der Waals surface area contributed by atoms with Crippen molar-refractivity contribution in [2.45, 2.75) is 26.2 Å². The van der Waals surface area contributed by atoms with Gasteiger partial charge in [-0.2, -0.15) is 0 Å². The van der Waals surface area contributed by atoms with Crippen LogP contribution in [-0.2, 0) is 5.41 Å². The lowest BCUT2D eigenvalue weighted by Gasteiger charge is -2.19. The highest BCUT2D eigenvalue weighted by Gasteiger charge is 2.20. The van der Waals surface area contributed by atoms with Crippen molar-refractivity contribution in [2.24, 2.45) is 0 Å². The second-order valence-electron chi connectivity index (χ2n) is 8.86. The van der Waals surface area contributed by atoms with Gasteiger partial charge in [-0.15, -0.1) is 0 Å². The van der Waals surface area contributed by atoms with Gasteiger partial charge < -0.3 is 19.2 Å². The molecule has 1 aromatic heterocycles. The number of imidazole rings is 1. The van der Waals surface area contributed by atoms with Crippen molar-refractivity contribution in [1.29, 1.82) is 0 Å². The Morgan fingerprint density at radius 1 is 0.879 bits per heavy atom.